The summed E-state index contributed by atoms with van der Waals surface area (Å²) < 4.78 is 12.8. The first-order valence-corrected chi connectivity index (χ1v) is 18.1. The molecule has 262 valence electrons. The van der Waals surface area contributed by atoms with Crippen LogP contribution in [0.25, 0.3) is 0 Å². The minimum Gasteiger partial charge on any atom is -0.396 e. The van der Waals surface area contributed by atoms with Crippen molar-refractivity contribution < 1.29 is 45.1 Å². The van der Waals surface area contributed by atoms with Crippen LogP contribution in [0.5, 0.6) is 0 Å². The molecule has 3 saturated carbocycles. The van der Waals surface area contributed by atoms with Gasteiger partial charge in [0.25, 0.3) is 0 Å². The molecule has 4 aliphatic carbocycles. The number of nitrogens with two attached hydrogens (primary N) is 2. The number of fused-ring (bicyclic) bond motifs is 7. The van der Waals surface area contributed by atoms with Crippen molar-refractivity contribution in [3.05, 3.63) is 11.6 Å². The SMILES string of the molecule is CC(C)C(C)C(O)C1OC2CC3(O)C4=CC(=O)C5CC(OCCC6CC[NH2+]C(N)C6)C(O)CC5(C)C4CCC3(C)C2C1(O)CCO. The average molecular weight is 650 g/mol. The number of allylic oxidation sites excluding steroid dienone is 1. The van der Waals surface area contributed by atoms with Gasteiger partial charge in [-0.2, -0.15) is 0 Å². The standard InChI is InChI=1S/C36H60N2O8/c1-19(2)20(3)30(42)32-35(43,10-12-39)31-28(46-32)18-36(44)23-15-25(40)24-16-27(45-13-8-21-7-11-38-29(37)14-21)26(41)17-33(24,4)22(23)6-9-34(31,36)5/h15,19-22,24,26-32,38-39,41-44H,6-14,16-18,37H2,1-5H3/p+1. The molecule has 5 fully saturated rings. The second kappa shape index (κ2) is 12.4. The van der Waals surface area contributed by atoms with Gasteiger partial charge in [0, 0.05) is 49.7 Å². The van der Waals surface area contributed by atoms with Crippen LogP contribution < -0.4 is 11.1 Å². The minimum absolute atomic E-state index is 0.0247. The Hall–Kier alpha value is -0.950. The predicted molar refractivity (Wildman–Crippen MR) is 171 cm³/mol. The third kappa shape index (κ3) is 5.28. The largest absolute Gasteiger partial charge is 0.396 e. The smallest absolute Gasteiger partial charge is 0.159 e. The van der Waals surface area contributed by atoms with E-state index in [9.17, 15) is 30.3 Å². The van der Waals surface area contributed by atoms with Crippen LogP contribution in [0, 0.1) is 46.3 Å². The van der Waals surface area contributed by atoms with E-state index in [4.69, 9.17) is 15.2 Å². The Kier molecular flexibility index (Phi) is 9.43. The van der Waals surface area contributed by atoms with Crippen LogP contribution in [-0.4, -0.2) is 99.0 Å². The van der Waals surface area contributed by atoms with Gasteiger partial charge in [-0.1, -0.05) is 34.6 Å². The molecule has 2 aliphatic heterocycles. The van der Waals surface area contributed by atoms with Crippen molar-refractivity contribution in [2.75, 3.05) is 19.8 Å². The van der Waals surface area contributed by atoms with Crippen LogP contribution in [0.2, 0.25) is 0 Å². The highest BCUT2D eigenvalue weighted by Gasteiger charge is 2.76. The minimum atomic E-state index is -1.54. The number of rotatable bonds is 9. The van der Waals surface area contributed by atoms with E-state index in [0.717, 1.165) is 25.8 Å². The fraction of sp³-hybridized carbons (Fsp3) is 0.917. The van der Waals surface area contributed by atoms with Crippen LogP contribution in [-0.2, 0) is 14.3 Å². The van der Waals surface area contributed by atoms with Crippen molar-refractivity contribution in [1.29, 1.82) is 0 Å². The van der Waals surface area contributed by atoms with Crippen molar-refractivity contribution >= 4 is 5.78 Å². The van der Waals surface area contributed by atoms with Gasteiger partial charge in [-0.3, -0.25) is 10.5 Å². The lowest BCUT2D eigenvalue weighted by atomic mass is 9.45. The number of ketones is 1. The van der Waals surface area contributed by atoms with Crippen molar-refractivity contribution in [2.24, 2.45) is 52.1 Å². The monoisotopic (exact) mass is 649 g/mol. The predicted octanol–water partition coefficient (Wildman–Crippen LogP) is 1.01. The molecule has 10 heteroatoms. The highest BCUT2D eigenvalue weighted by Crippen LogP contribution is 2.71. The molecule has 10 nitrogen and oxygen atoms in total. The van der Waals surface area contributed by atoms with Crippen LogP contribution >= 0.6 is 0 Å². The Bertz CT molecular complexity index is 1180. The molecule has 0 aromatic rings. The van der Waals surface area contributed by atoms with Crippen molar-refractivity contribution in [3.63, 3.8) is 0 Å². The van der Waals surface area contributed by atoms with Gasteiger partial charge in [-0.15, -0.1) is 0 Å². The molecule has 6 rings (SSSR count). The number of hydrogen-bond acceptors (Lipinski definition) is 9. The van der Waals surface area contributed by atoms with Gasteiger partial charge >= 0.3 is 0 Å². The van der Waals surface area contributed by atoms with Crippen molar-refractivity contribution in [3.8, 4) is 0 Å². The second-order valence-corrected chi connectivity index (χ2v) is 17.0. The lowest BCUT2D eigenvalue weighted by Gasteiger charge is -2.60. The molecule has 9 N–H and O–H groups in total. The van der Waals surface area contributed by atoms with E-state index in [2.05, 4.69) is 12.2 Å². The summed E-state index contributed by atoms with van der Waals surface area (Å²) in [4.78, 5) is 14.0. The summed E-state index contributed by atoms with van der Waals surface area (Å²) in [5, 5.41) is 60.2. The van der Waals surface area contributed by atoms with Gasteiger partial charge in [0.2, 0.25) is 0 Å². The highest BCUT2D eigenvalue weighted by atomic mass is 16.5. The van der Waals surface area contributed by atoms with E-state index < -0.39 is 58.5 Å². The average Bonchev–Trinajstić information content (AvgIpc) is 3.40. The number of quaternary nitrogens is 1. The van der Waals surface area contributed by atoms with Gasteiger partial charge in [0.05, 0.1) is 36.6 Å². The van der Waals surface area contributed by atoms with Crippen molar-refractivity contribution in [2.45, 2.75) is 140 Å². The first kappa shape index (κ1) is 34.9. The van der Waals surface area contributed by atoms with Crippen LogP contribution in [0.15, 0.2) is 11.6 Å². The number of aliphatic hydroxyl groups is 5. The summed E-state index contributed by atoms with van der Waals surface area (Å²) in [6, 6.07) is 0. The lowest BCUT2D eigenvalue weighted by molar-refractivity contribution is -0.699. The van der Waals surface area contributed by atoms with Gasteiger partial charge < -0.3 is 40.3 Å². The maximum atomic E-state index is 14.0. The molecular weight excluding hydrogens is 588 g/mol. The van der Waals surface area contributed by atoms with E-state index in [-0.39, 0.29) is 55.1 Å². The van der Waals surface area contributed by atoms with E-state index in [1.54, 1.807) is 6.08 Å². The van der Waals surface area contributed by atoms with Crippen LogP contribution in [0.4, 0.5) is 0 Å². The Balaban J connectivity index is 1.23. The first-order chi connectivity index (χ1) is 21.6. The highest BCUT2D eigenvalue weighted by molar-refractivity contribution is 5.95. The Morgan fingerprint density at radius 2 is 1.87 bits per heavy atom. The number of carbonyl (C=O) groups is 1. The molecule has 0 radical (unpaired) electrons. The maximum absolute atomic E-state index is 14.0. The third-order valence-corrected chi connectivity index (χ3v) is 14.4. The normalized spacial score (nSPS) is 50.0. The van der Waals surface area contributed by atoms with Crippen LogP contribution in [0.3, 0.4) is 0 Å². The van der Waals surface area contributed by atoms with E-state index in [0.29, 0.717) is 43.8 Å². The maximum Gasteiger partial charge on any atom is 0.159 e. The molecule has 6 aliphatic rings. The molecule has 46 heavy (non-hydrogen) atoms. The second-order valence-electron chi connectivity index (χ2n) is 17.0. The fourth-order valence-corrected chi connectivity index (χ4v) is 11.4. The molecule has 2 saturated heterocycles. The molecule has 0 aromatic carbocycles. The van der Waals surface area contributed by atoms with Crippen molar-refractivity contribution in [1.82, 2.24) is 0 Å². The zero-order valence-corrected chi connectivity index (χ0v) is 28.6. The number of ether oxygens (including phenoxy) is 2. The number of hydrogen-bond donors (Lipinski definition) is 7. The summed E-state index contributed by atoms with van der Waals surface area (Å²) in [7, 11) is 0. The van der Waals surface area contributed by atoms with E-state index in [1.807, 2.05) is 27.7 Å². The molecule has 15 unspecified atom stereocenters. The molecule has 2 heterocycles. The number of carbonyl (C=O) groups excluding carboxylic acids is 1. The summed E-state index contributed by atoms with van der Waals surface area (Å²) in [6.07, 6.45) is 3.80. The van der Waals surface area contributed by atoms with Gasteiger partial charge in [-0.25, -0.2) is 0 Å². The molecule has 0 bridgehead atoms. The van der Waals surface area contributed by atoms with Gasteiger partial charge in [-0.05, 0) is 79.3 Å². The summed E-state index contributed by atoms with van der Waals surface area (Å²) in [6.45, 7) is 11.4. The molecule has 0 aromatic heterocycles. The Morgan fingerprint density at radius 3 is 2.54 bits per heavy atom. The van der Waals surface area contributed by atoms with E-state index >= 15 is 0 Å². The fourth-order valence-electron chi connectivity index (χ4n) is 11.4. The van der Waals surface area contributed by atoms with Crippen LogP contribution in [0.1, 0.15) is 92.4 Å². The Labute approximate surface area is 274 Å². The quantitative estimate of drug-likeness (QED) is 0.192. The lowest BCUT2D eigenvalue weighted by Crippen LogP contribution is -2.94. The molecule has 0 amide bonds. The summed E-state index contributed by atoms with van der Waals surface area (Å²) >= 11 is 0. The third-order valence-electron chi connectivity index (χ3n) is 14.4. The zero-order valence-electron chi connectivity index (χ0n) is 28.6. The van der Waals surface area contributed by atoms with Gasteiger partial charge in [0.1, 0.15) is 17.9 Å². The number of piperidine rings is 1. The van der Waals surface area contributed by atoms with Gasteiger partial charge in [0.15, 0.2) is 5.78 Å². The molecule has 15 atom stereocenters. The topological polar surface area (TPSA) is 179 Å². The molecular formula is C36H61N2O8+. The first-order valence-electron chi connectivity index (χ1n) is 18.1. The zero-order chi connectivity index (χ0) is 33.4. The molecule has 0 spiro atoms. The Morgan fingerprint density at radius 1 is 1.13 bits per heavy atom. The number of aliphatic hydroxyl groups excluding tert-OH is 3. The summed E-state index contributed by atoms with van der Waals surface area (Å²) in [5.74, 6) is -0.406. The van der Waals surface area contributed by atoms with E-state index in [1.165, 1.54) is 0 Å². The summed E-state index contributed by atoms with van der Waals surface area (Å²) in [5.41, 5.74) is 2.54.